The van der Waals surface area contributed by atoms with Crippen molar-refractivity contribution in [2.45, 2.75) is 96.6 Å². The van der Waals surface area contributed by atoms with Gasteiger partial charge in [0.2, 0.25) is 0 Å². The number of aliphatic imine (C=N–C) groups is 2. The number of nitrogens with zero attached hydrogens (tertiary/aromatic N) is 2. The van der Waals surface area contributed by atoms with E-state index in [4.69, 9.17) is 9.47 Å². The first-order valence-electron chi connectivity index (χ1n) is 12.9. The molecule has 1 fully saturated rings. The van der Waals surface area contributed by atoms with E-state index in [1.165, 1.54) is 19.3 Å². The Morgan fingerprint density at radius 1 is 0.686 bits per heavy atom. The molecule has 1 aliphatic carbocycles. The number of unbranched alkanes of at least 4 members (excludes halogenated alkanes) is 2. The molecule has 0 spiro atoms. The van der Waals surface area contributed by atoms with Gasteiger partial charge in [-0.1, -0.05) is 48.6 Å². The molecule has 1 saturated carbocycles. The van der Waals surface area contributed by atoms with Crippen LogP contribution in [0.5, 0.6) is 0 Å². The zero-order valence-corrected chi connectivity index (χ0v) is 21.7. The number of hydrogen-bond acceptors (Lipinski definition) is 6. The third-order valence-electron chi connectivity index (χ3n) is 6.48. The maximum absolute atomic E-state index is 11.6. The van der Waals surface area contributed by atoms with Crippen molar-refractivity contribution in [2.24, 2.45) is 21.8 Å². The molecule has 0 aromatic heterocycles. The fourth-order valence-electron chi connectivity index (χ4n) is 4.37. The van der Waals surface area contributed by atoms with E-state index in [2.05, 4.69) is 46.4 Å². The van der Waals surface area contributed by atoms with Crippen LogP contribution in [0.2, 0.25) is 0 Å². The molecule has 190 valence electrons. The van der Waals surface area contributed by atoms with Gasteiger partial charge in [-0.2, -0.15) is 0 Å². The number of ether oxygens (including phenoxy) is 2. The average Bonchev–Trinajstić information content (AvgIpc) is 3.42. The third kappa shape index (κ3) is 8.44. The van der Waals surface area contributed by atoms with Crippen molar-refractivity contribution in [3.63, 3.8) is 0 Å². The Hall–Kier alpha value is -2.76. The SMILES string of the molecule is CC1(C)N=C(C/C=C/CC/C=C/C2CCC(/C=C/CC/C=C/CC3=NC(C)(C)C(=O)O3)C2)OC1=O. The summed E-state index contributed by atoms with van der Waals surface area (Å²) in [5, 5.41) is 0. The van der Waals surface area contributed by atoms with E-state index in [0.29, 0.717) is 36.5 Å². The highest BCUT2D eigenvalue weighted by Crippen LogP contribution is 2.33. The summed E-state index contributed by atoms with van der Waals surface area (Å²) in [6, 6.07) is 0. The monoisotopic (exact) mass is 480 g/mol. The topological polar surface area (TPSA) is 77.3 Å². The van der Waals surface area contributed by atoms with Crippen molar-refractivity contribution < 1.29 is 19.1 Å². The molecule has 0 N–H and O–H groups in total. The maximum Gasteiger partial charge on any atom is 0.340 e. The van der Waals surface area contributed by atoms with Gasteiger partial charge in [-0.15, -0.1) is 0 Å². The van der Waals surface area contributed by atoms with Gasteiger partial charge in [-0.3, -0.25) is 0 Å². The summed E-state index contributed by atoms with van der Waals surface area (Å²) in [7, 11) is 0. The quantitative estimate of drug-likeness (QED) is 0.183. The zero-order valence-electron chi connectivity index (χ0n) is 21.7. The van der Waals surface area contributed by atoms with E-state index in [1.54, 1.807) is 27.7 Å². The molecule has 0 saturated heterocycles. The highest BCUT2D eigenvalue weighted by Gasteiger charge is 2.37. The Labute approximate surface area is 210 Å². The minimum atomic E-state index is -0.737. The summed E-state index contributed by atoms with van der Waals surface area (Å²) in [6.45, 7) is 7.09. The molecule has 6 heteroatoms. The number of allylic oxidation sites excluding steroid dienone is 6. The van der Waals surface area contributed by atoms with Crippen LogP contribution < -0.4 is 0 Å². The molecule has 0 radical (unpaired) electrons. The van der Waals surface area contributed by atoms with Gasteiger partial charge >= 0.3 is 11.9 Å². The number of carbonyl (C=O) groups is 2. The summed E-state index contributed by atoms with van der Waals surface area (Å²) >= 11 is 0. The summed E-state index contributed by atoms with van der Waals surface area (Å²) in [5.41, 5.74) is -1.47. The van der Waals surface area contributed by atoms with Gasteiger partial charge < -0.3 is 9.47 Å². The van der Waals surface area contributed by atoms with E-state index in [-0.39, 0.29) is 11.9 Å². The van der Waals surface area contributed by atoms with Crippen LogP contribution in [0.15, 0.2) is 58.6 Å². The highest BCUT2D eigenvalue weighted by molar-refractivity contribution is 6.00. The lowest BCUT2D eigenvalue weighted by Gasteiger charge is -2.05. The predicted octanol–water partition coefficient (Wildman–Crippen LogP) is 6.44. The summed E-state index contributed by atoms with van der Waals surface area (Å²) in [6.07, 6.45) is 26.6. The summed E-state index contributed by atoms with van der Waals surface area (Å²) < 4.78 is 10.4. The molecule has 0 aromatic carbocycles. The molecular formula is C29H40N2O4. The Kier molecular flexibility index (Phi) is 9.41. The van der Waals surface area contributed by atoms with Crippen molar-refractivity contribution in [3.8, 4) is 0 Å². The lowest BCUT2D eigenvalue weighted by molar-refractivity contribution is -0.138. The van der Waals surface area contributed by atoms with Crippen LogP contribution in [0.4, 0.5) is 0 Å². The van der Waals surface area contributed by atoms with E-state index in [0.717, 1.165) is 25.7 Å². The zero-order chi connectivity index (χ0) is 25.3. The van der Waals surface area contributed by atoms with Gasteiger partial charge in [0.05, 0.1) is 0 Å². The molecule has 0 amide bonds. The summed E-state index contributed by atoms with van der Waals surface area (Å²) in [4.78, 5) is 31.8. The first-order valence-corrected chi connectivity index (χ1v) is 12.9. The van der Waals surface area contributed by atoms with Crippen molar-refractivity contribution in [1.82, 2.24) is 0 Å². The normalized spacial score (nSPS) is 25.8. The number of rotatable bonds is 12. The average molecular weight is 481 g/mol. The molecule has 2 unspecified atom stereocenters. The number of esters is 2. The van der Waals surface area contributed by atoms with Crippen LogP contribution in [0, 0.1) is 11.8 Å². The molecule has 2 aliphatic heterocycles. The standard InChI is InChI=1S/C29H40N2O4/c1-28(2)26(32)34-24(30-28)17-13-9-5-7-11-15-22-19-20-23(21-22)16-12-8-6-10-14-18-25-31-29(3,4)27(33)35-25/h9-16,22-23H,5-8,17-21H2,1-4H3/b13-9+,14-10+,15-11+,16-12+. The number of cyclic esters (lactones) is 2. The summed E-state index contributed by atoms with van der Waals surface area (Å²) in [5.74, 6) is 1.86. The second-order valence-electron chi connectivity index (χ2n) is 10.6. The molecule has 3 aliphatic rings. The van der Waals surface area contributed by atoms with Crippen molar-refractivity contribution in [2.75, 3.05) is 0 Å². The van der Waals surface area contributed by atoms with Gasteiger partial charge in [-0.25, -0.2) is 19.6 Å². The molecule has 2 heterocycles. The van der Waals surface area contributed by atoms with Crippen LogP contribution in [0.25, 0.3) is 0 Å². The van der Waals surface area contributed by atoms with Crippen LogP contribution in [-0.2, 0) is 19.1 Å². The highest BCUT2D eigenvalue weighted by atomic mass is 16.6. The molecule has 0 aromatic rings. The smallest absolute Gasteiger partial charge is 0.340 e. The Balaban J connectivity index is 1.23. The first kappa shape index (κ1) is 26.8. The lowest BCUT2D eigenvalue weighted by atomic mass is 10.0. The second kappa shape index (κ2) is 12.3. The van der Waals surface area contributed by atoms with Crippen LogP contribution >= 0.6 is 0 Å². The van der Waals surface area contributed by atoms with E-state index in [9.17, 15) is 9.59 Å². The number of hydrogen-bond donors (Lipinski definition) is 0. The predicted molar refractivity (Wildman–Crippen MR) is 140 cm³/mol. The van der Waals surface area contributed by atoms with Gasteiger partial charge in [0, 0.05) is 12.8 Å². The lowest BCUT2D eigenvalue weighted by Crippen LogP contribution is -2.25. The molecule has 3 rings (SSSR count). The van der Waals surface area contributed by atoms with Gasteiger partial charge in [0.1, 0.15) is 0 Å². The van der Waals surface area contributed by atoms with Gasteiger partial charge in [0.15, 0.2) is 22.9 Å². The Bertz CT molecular complexity index is 874. The molecule has 0 bridgehead atoms. The van der Waals surface area contributed by atoms with Crippen LogP contribution in [0.1, 0.15) is 85.5 Å². The third-order valence-corrected chi connectivity index (χ3v) is 6.48. The fraction of sp³-hybridized carbons (Fsp3) is 0.586. The largest absolute Gasteiger partial charge is 0.410 e. The molecule has 6 nitrogen and oxygen atoms in total. The van der Waals surface area contributed by atoms with E-state index < -0.39 is 11.1 Å². The second-order valence-corrected chi connectivity index (χ2v) is 10.6. The van der Waals surface area contributed by atoms with Gasteiger partial charge in [0.25, 0.3) is 0 Å². The minimum absolute atomic E-state index is 0.268. The Morgan fingerprint density at radius 2 is 1.09 bits per heavy atom. The minimum Gasteiger partial charge on any atom is -0.410 e. The van der Waals surface area contributed by atoms with Crippen LogP contribution in [0.3, 0.4) is 0 Å². The van der Waals surface area contributed by atoms with Crippen molar-refractivity contribution in [3.05, 3.63) is 48.6 Å². The van der Waals surface area contributed by atoms with Crippen molar-refractivity contribution in [1.29, 1.82) is 0 Å². The molecule has 2 atom stereocenters. The van der Waals surface area contributed by atoms with Crippen molar-refractivity contribution >= 4 is 23.7 Å². The van der Waals surface area contributed by atoms with Crippen LogP contribution in [-0.4, -0.2) is 34.8 Å². The van der Waals surface area contributed by atoms with Gasteiger partial charge in [-0.05, 0) is 84.5 Å². The van der Waals surface area contributed by atoms with E-state index in [1.807, 2.05) is 12.2 Å². The number of carbonyl (C=O) groups excluding carboxylic acids is 2. The molecular weight excluding hydrogens is 440 g/mol. The maximum atomic E-state index is 11.6. The Morgan fingerprint density at radius 3 is 1.46 bits per heavy atom. The van der Waals surface area contributed by atoms with E-state index >= 15 is 0 Å². The fourth-order valence-corrected chi connectivity index (χ4v) is 4.37. The first-order chi connectivity index (χ1) is 16.7. The molecule has 35 heavy (non-hydrogen) atoms.